The molecule has 1 aliphatic carbocycles. The van der Waals surface area contributed by atoms with Gasteiger partial charge in [0.1, 0.15) is 11.4 Å². The van der Waals surface area contributed by atoms with Crippen molar-refractivity contribution >= 4 is 0 Å². The first-order valence-corrected chi connectivity index (χ1v) is 7.68. The van der Waals surface area contributed by atoms with E-state index >= 15 is 0 Å². The zero-order valence-electron chi connectivity index (χ0n) is 12.5. The van der Waals surface area contributed by atoms with Crippen molar-refractivity contribution in [2.75, 3.05) is 0 Å². The van der Waals surface area contributed by atoms with Crippen molar-refractivity contribution in [2.45, 2.75) is 44.7 Å². The van der Waals surface area contributed by atoms with Crippen LogP contribution >= 0.6 is 0 Å². The number of alkyl halides is 3. The Kier molecular flexibility index (Phi) is 4.33. The summed E-state index contributed by atoms with van der Waals surface area (Å²) in [7, 11) is 0. The number of fused-ring (bicyclic) bond motifs is 1. The maximum Gasteiger partial charge on any atom is 0.419 e. The molecule has 0 saturated heterocycles. The summed E-state index contributed by atoms with van der Waals surface area (Å²) in [4.78, 5) is 0. The summed E-state index contributed by atoms with van der Waals surface area (Å²) in [5.74, 6) is -1.29. The lowest BCUT2D eigenvalue weighted by Gasteiger charge is -2.16. The Bertz CT molecular complexity index is 710. The Labute approximate surface area is 131 Å². The van der Waals surface area contributed by atoms with Crippen molar-refractivity contribution in [3.05, 3.63) is 46.9 Å². The van der Waals surface area contributed by atoms with Gasteiger partial charge in [-0.05, 0) is 43.4 Å². The Morgan fingerprint density at radius 2 is 1.65 bits per heavy atom. The Hall–Kier alpha value is -1.98. The van der Waals surface area contributed by atoms with Gasteiger partial charge in [0, 0.05) is 5.56 Å². The first kappa shape index (κ1) is 15.9. The topological polar surface area (TPSA) is 25.8 Å². The van der Waals surface area contributed by atoms with Crippen LogP contribution in [0.2, 0.25) is 0 Å². The zero-order chi connectivity index (χ0) is 16.4. The summed E-state index contributed by atoms with van der Waals surface area (Å²) >= 11 is 0. The van der Waals surface area contributed by atoms with E-state index in [2.05, 4.69) is 10.2 Å². The van der Waals surface area contributed by atoms with Crippen molar-refractivity contribution < 1.29 is 17.6 Å². The van der Waals surface area contributed by atoms with Crippen LogP contribution in [-0.4, -0.2) is 10.2 Å². The predicted molar refractivity (Wildman–Crippen MR) is 78.3 cm³/mol. The van der Waals surface area contributed by atoms with Gasteiger partial charge in [-0.25, -0.2) is 4.39 Å². The summed E-state index contributed by atoms with van der Waals surface area (Å²) in [6.07, 6.45) is 1.01. The minimum absolute atomic E-state index is 0.0798. The van der Waals surface area contributed by atoms with E-state index < -0.39 is 17.6 Å². The molecule has 1 heterocycles. The quantitative estimate of drug-likeness (QED) is 0.693. The van der Waals surface area contributed by atoms with E-state index in [1.54, 1.807) is 6.07 Å². The molecule has 0 aliphatic heterocycles. The molecule has 0 bridgehead atoms. The van der Waals surface area contributed by atoms with Crippen LogP contribution in [0.5, 0.6) is 0 Å². The van der Waals surface area contributed by atoms with Gasteiger partial charge in [0.25, 0.3) is 0 Å². The minimum atomic E-state index is -4.77. The van der Waals surface area contributed by atoms with E-state index in [4.69, 9.17) is 0 Å². The van der Waals surface area contributed by atoms with Crippen molar-refractivity contribution in [2.24, 2.45) is 0 Å². The number of halogens is 4. The van der Waals surface area contributed by atoms with Crippen LogP contribution in [0.1, 0.15) is 42.5 Å². The number of rotatable bonds is 1. The smallest absolute Gasteiger partial charge is 0.206 e. The molecule has 2 aromatic rings. The molecule has 0 unspecified atom stereocenters. The molecule has 0 amide bonds. The fourth-order valence-corrected chi connectivity index (χ4v) is 3.00. The average molecular weight is 324 g/mol. The third-order valence-electron chi connectivity index (χ3n) is 4.14. The molecule has 0 saturated carbocycles. The number of nitrogens with zero attached hydrogens (tertiary/aromatic N) is 2. The standard InChI is InChI=1S/C17H16F4N2/c18-13-8-5-7-12(16(13)17(19,20)21)15-10-11-6-3-1-2-4-9-14(11)22-23-15/h5,7-8,10H,1-4,6,9H2. The molecule has 0 radical (unpaired) electrons. The van der Waals surface area contributed by atoms with Crippen LogP contribution in [-0.2, 0) is 19.0 Å². The normalized spacial score (nSPS) is 15.7. The lowest BCUT2D eigenvalue weighted by atomic mass is 9.95. The maximum atomic E-state index is 13.7. The fraction of sp³-hybridized carbons (Fsp3) is 0.412. The molecule has 1 aromatic heterocycles. The van der Waals surface area contributed by atoms with Gasteiger partial charge in [0.05, 0.1) is 11.4 Å². The molecule has 0 N–H and O–H groups in total. The Morgan fingerprint density at radius 3 is 2.39 bits per heavy atom. The highest BCUT2D eigenvalue weighted by molar-refractivity contribution is 5.65. The van der Waals surface area contributed by atoms with E-state index in [1.165, 1.54) is 12.1 Å². The molecule has 1 aliphatic rings. The number of benzene rings is 1. The SMILES string of the molecule is Fc1cccc(-c2cc3c(nn2)CCCCCC3)c1C(F)(F)F. The van der Waals surface area contributed by atoms with E-state index in [0.29, 0.717) is 0 Å². The summed E-state index contributed by atoms with van der Waals surface area (Å²) < 4.78 is 53.2. The second-order valence-corrected chi connectivity index (χ2v) is 5.78. The second kappa shape index (κ2) is 6.26. The van der Waals surface area contributed by atoms with E-state index in [9.17, 15) is 17.6 Å². The highest BCUT2D eigenvalue weighted by Crippen LogP contribution is 2.38. The van der Waals surface area contributed by atoms with E-state index in [-0.39, 0.29) is 11.3 Å². The molecular weight excluding hydrogens is 308 g/mol. The van der Waals surface area contributed by atoms with Crippen molar-refractivity contribution in [3.8, 4) is 11.3 Å². The zero-order valence-corrected chi connectivity index (χ0v) is 12.5. The minimum Gasteiger partial charge on any atom is -0.206 e. The molecule has 122 valence electrons. The average Bonchev–Trinajstić information content (AvgIpc) is 2.46. The molecule has 1 aromatic carbocycles. The number of aryl methyl sites for hydroxylation is 2. The summed E-state index contributed by atoms with van der Waals surface area (Å²) in [6, 6.07) is 4.95. The van der Waals surface area contributed by atoms with Crippen molar-refractivity contribution in [3.63, 3.8) is 0 Å². The predicted octanol–water partition coefficient (Wildman–Crippen LogP) is 4.96. The molecule has 23 heavy (non-hydrogen) atoms. The highest BCUT2D eigenvalue weighted by Gasteiger charge is 2.37. The second-order valence-electron chi connectivity index (χ2n) is 5.78. The molecule has 3 rings (SSSR count). The van der Waals surface area contributed by atoms with Crippen molar-refractivity contribution in [1.82, 2.24) is 10.2 Å². The number of aromatic nitrogens is 2. The van der Waals surface area contributed by atoms with Crippen LogP contribution < -0.4 is 0 Å². The largest absolute Gasteiger partial charge is 0.419 e. The van der Waals surface area contributed by atoms with Crippen LogP contribution in [0.25, 0.3) is 11.3 Å². The Morgan fingerprint density at radius 1 is 0.913 bits per heavy atom. The third kappa shape index (κ3) is 3.35. The first-order chi connectivity index (χ1) is 11.0. The van der Waals surface area contributed by atoms with E-state index in [0.717, 1.165) is 55.8 Å². The molecule has 0 atom stereocenters. The molecule has 0 fully saturated rings. The molecule has 0 spiro atoms. The van der Waals surface area contributed by atoms with Gasteiger partial charge in [-0.2, -0.15) is 23.4 Å². The fourth-order valence-electron chi connectivity index (χ4n) is 3.00. The van der Waals surface area contributed by atoms with Crippen LogP contribution in [0.4, 0.5) is 17.6 Å². The van der Waals surface area contributed by atoms with Crippen LogP contribution in [0, 0.1) is 5.82 Å². The lowest BCUT2D eigenvalue weighted by molar-refractivity contribution is -0.139. The van der Waals surface area contributed by atoms with Gasteiger partial charge >= 0.3 is 6.18 Å². The van der Waals surface area contributed by atoms with Crippen LogP contribution in [0.3, 0.4) is 0 Å². The summed E-state index contributed by atoms with van der Waals surface area (Å²) in [6.45, 7) is 0. The van der Waals surface area contributed by atoms with Gasteiger partial charge < -0.3 is 0 Å². The maximum absolute atomic E-state index is 13.7. The molecule has 2 nitrogen and oxygen atoms in total. The monoisotopic (exact) mass is 324 g/mol. The van der Waals surface area contributed by atoms with Gasteiger partial charge in [-0.3, -0.25) is 0 Å². The van der Waals surface area contributed by atoms with E-state index in [1.807, 2.05) is 0 Å². The van der Waals surface area contributed by atoms with Gasteiger partial charge in [-0.1, -0.05) is 25.0 Å². The summed E-state index contributed by atoms with van der Waals surface area (Å²) in [5.41, 5.74) is 0.316. The van der Waals surface area contributed by atoms with Gasteiger partial charge in [0.2, 0.25) is 0 Å². The number of hydrogen-bond donors (Lipinski definition) is 0. The van der Waals surface area contributed by atoms with Crippen molar-refractivity contribution in [1.29, 1.82) is 0 Å². The molecular formula is C17H16F4N2. The molecule has 6 heteroatoms. The van der Waals surface area contributed by atoms with Crippen LogP contribution in [0.15, 0.2) is 24.3 Å². The highest BCUT2D eigenvalue weighted by atomic mass is 19.4. The first-order valence-electron chi connectivity index (χ1n) is 7.68. The van der Waals surface area contributed by atoms with Gasteiger partial charge in [-0.15, -0.1) is 0 Å². The van der Waals surface area contributed by atoms with Gasteiger partial charge in [0.15, 0.2) is 0 Å². The summed E-state index contributed by atoms with van der Waals surface area (Å²) in [5, 5.41) is 8.04. The Balaban J connectivity index is 2.09. The third-order valence-corrected chi connectivity index (χ3v) is 4.14. The number of hydrogen-bond acceptors (Lipinski definition) is 2. The lowest BCUT2D eigenvalue weighted by Crippen LogP contribution is -2.12.